The van der Waals surface area contributed by atoms with Crippen LogP contribution in [0.25, 0.3) is 0 Å². The Hall–Kier alpha value is -1.21. The molecule has 1 amide bonds. The van der Waals surface area contributed by atoms with Crippen molar-refractivity contribution in [3.05, 3.63) is 45.5 Å². The molecule has 2 rings (SSSR count). The molecule has 1 aliphatic heterocycles. The fourth-order valence-corrected chi connectivity index (χ4v) is 1.93. The van der Waals surface area contributed by atoms with Crippen molar-refractivity contribution in [2.24, 2.45) is 0 Å². The SMILES string of the molecule is O=C1C=C(Br)C(Br)=CN(Cc2ccncn2)N1. The highest BCUT2D eigenvalue weighted by Gasteiger charge is 2.13. The van der Waals surface area contributed by atoms with E-state index in [2.05, 4.69) is 47.3 Å². The number of amides is 1. The lowest BCUT2D eigenvalue weighted by Gasteiger charge is -2.19. The molecule has 7 heteroatoms. The smallest absolute Gasteiger partial charge is 0.263 e. The highest BCUT2D eigenvalue weighted by Crippen LogP contribution is 2.24. The van der Waals surface area contributed by atoms with Crippen molar-refractivity contribution in [1.29, 1.82) is 0 Å². The average molecular weight is 360 g/mol. The molecule has 0 atom stereocenters. The lowest BCUT2D eigenvalue weighted by atomic mass is 10.4. The van der Waals surface area contributed by atoms with E-state index in [1.807, 2.05) is 0 Å². The lowest BCUT2D eigenvalue weighted by molar-refractivity contribution is -0.120. The predicted molar refractivity (Wildman–Crippen MR) is 69.7 cm³/mol. The van der Waals surface area contributed by atoms with E-state index in [0.717, 1.165) is 10.2 Å². The first kappa shape index (κ1) is 12.3. The minimum atomic E-state index is -0.198. The molecule has 0 bridgehead atoms. The van der Waals surface area contributed by atoms with E-state index >= 15 is 0 Å². The van der Waals surface area contributed by atoms with Crippen molar-refractivity contribution in [3.63, 3.8) is 0 Å². The van der Waals surface area contributed by atoms with E-state index in [-0.39, 0.29) is 5.91 Å². The summed E-state index contributed by atoms with van der Waals surface area (Å²) in [5.74, 6) is -0.198. The Kier molecular flexibility index (Phi) is 3.90. The van der Waals surface area contributed by atoms with Gasteiger partial charge < -0.3 is 0 Å². The number of hydrogen-bond donors (Lipinski definition) is 1. The van der Waals surface area contributed by atoms with Crippen LogP contribution in [0.2, 0.25) is 0 Å². The molecule has 2 heterocycles. The topological polar surface area (TPSA) is 58.1 Å². The third kappa shape index (κ3) is 3.37. The number of halogens is 2. The molecule has 1 aromatic heterocycles. The molecule has 1 aromatic rings. The van der Waals surface area contributed by atoms with Gasteiger partial charge in [-0.3, -0.25) is 15.2 Å². The van der Waals surface area contributed by atoms with Crippen LogP contribution >= 0.6 is 31.9 Å². The second-order valence-electron chi connectivity index (χ2n) is 3.27. The fourth-order valence-electron chi connectivity index (χ4n) is 1.26. The number of nitrogens with one attached hydrogen (secondary N) is 1. The molecule has 5 nitrogen and oxygen atoms in total. The first-order valence-corrected chi connectivity index (χ1v) is 6.31. The highest BCUT2D eigenvalue weighted by atomic mass is 79.9. The minimum Gasteiger partial charge on any atom is -0.285 e. The summed E-state index contributed by atoms with van der Waals surface area (Å²) in [6.45, 7) is 0.470. The predicted octanol–water partition coefficient (Wildman–Crippen LogP) is 1.84. The number of hydrogen-bond acceptors (Lipinski definition) is 4. The monoisotopic (exact) mass is 358 g/mol. The summed E-state index contributed by atoms with van der Waals surface area (Å²) in [5.41, 5.74) is 3.52. The Morgan fingerprint density at radius 3 is 2.88 bits per heavy atom. The standard InChI is InChI=1S/C10H8Br2N4O/c11-8-3-10(17)15-16(5-9(8)12)4-7-1-2-13-6-14-7/h1-3,5-6H,4H2,(H,15,17). The van der Waals surface area contributed by atoms with Gasteiger partial charge in [0.25, 0.3) is 5.91 Å². The largest absolute Gasteiger partial charge is 0.285 e. The van der Waals surface area contributed by atoms with Crippen molar-refractivity contribution in [1.82, 2.24) is 20.4 Å². The van der Waals surface area contributed by atoms with Crippen molar-refractivity contribution in [2.45, 2.75) is 6.54 Å². The molecule has 88 valence electrons. The van der Waals surface area contributed by atoms with Gasteiger partial charge in [0, 0.05) is 27.4 Å². The van der Waals surface area contributed by atoms with Gasteiger partial charge in [-0.2, -0.15) is 0 Å². The van der Waals surface area contributed by atoms with E-state index in [4.69, 9.17) is 0 Å². The number of carbonyl (C=O) groups excluding carboxylic acids is 1. The Bertz CT molecular complexity index is 486. The van der Waals surface area contributed by atoms with E-state index in [0.29, 0.717) is 11.0 Å². The van der Waals surface area contributed by atoms with E-state index < -0.39 is 0 Å². The summed E-state index contributed by atoms with van der Waals surface area (Å²) >= 11 is 6.65. The molecular formula is C10H8Br2N4O. The average Bonchev–Trinajstić information content (AvgIpc) is 2.40. The van der Waals surface area contributed by atoms with Gasteiger partial charge in [0.2, 0.25) is 0 Å². The summed E-state index contributed by atoms with van der Waals surface area (Å²) in [4.78, 5) is 19.4. The summed E-state index contributed by atoms with van der Waals surface area (Å²) in [5, 5.41) is 1.65. The first-order valence-electron chi connectivity index (χ1n) is 4.72. The third-order valence-corrected chi connectivity index (χ3v) is 3.80. The summed E-state index contributed by atoms with van der Waals surface area (Å²) in [6.07, 6.45) is 6.37. The Labute approximate surface area is 115 Å². The summed E-state index contributed by atoms with van der Waals surface area (Å²) in [6, 6.07) is 1.79. The molecule has 0 spiro atoms. The van der Waals surface area contributed by atoms with E-state index in [1.54, 1.807) is 23.5 Å². The van der Waals surface area contributed by atoms with Crippen LogP contribution in [0.4, 0.5) is 0 Å². The molecule has 17 heavy (non-hydrogen) atoms. The molecule has 0 unspecified atom stereocenters. The van der Waals surface area contributed by atoms with Crippen LogP contribution < -0.4 is 5.43 Å². The van der Waals surface area contributed by atoms with Gasteiger partial charge in [0.1, 0.15) is 6.33 Å². The molecule has 0 radical (unpaired) electrons. The molecule has 0 aliphatic carbocycles. The second kappa shape index (κ2) is 5.42. The van der Waals surface area contributed by atoms with Crippen LogP contribution in [0.5, 0.6) is 0 Å². The molecule has 0 aromatic carbocycles. The number of hydrazine groups is 1. The summed E-state index contributed by atoms with van der Waals surface area (Å²) < 4.78 is 1.48. The normalized spacial score (nSPS) is 15.9. The maximum Gasteiger partial charge on any atom is 0.263 e. The Morgan fingerprint density at radius 1 is 1.35 bits per heavy atom. The quantitative estimate of drug-likeness (QED) is 0.875. The number of allylic oxidation sites excluding steroid dienone is 2. The van der Waals surface area contributed by atoms with Crippen LogP contribution in [-0.4, -0.2) is 20.9 Å². The number of nitrogens with zero attached hydrogens (tertiary/aromatic N) is 3. The molecule has 1 aliphatic rings. The molecule has 0 fully saturated rings. The molecule has 1 N–H and O–H groups in total. The van der Waals surface area contributed by atoms with Crippen molar-refractivity contribution < 1.29 is 4.79 Å². The second-order valence-corrected chi connectivity index (χ2v) is 4.98. The zero-order valence-electron chi connectivity index (χ0n) is 8.60. The van der Waals surface area contributed by atoms with Crippen LogP contribution in [0, 0.1) is 0 Å². The van der Waals surface area contributed by atoms with Gasteiger partial charge in [-0.25, -0.2) is 9.97 Å². The number of rotatable bonds is 2. The van der Waals surface area contributed by atoms with Crippen LogP contribution in [-0.2, 0) is 11.3 Å². The van der Waals surface area contributed by atoms with Crippen molar-refractivity contribution >= 4 is 37.8 Å². The van der Waals surface area contributed by atoms with Gasteiger partial charge in [-0.05, 0) is 37.9 Å². The highest BCUT2D eigenvalue weighted by molar-refractivity contribution is 9.15. The van der Waals surface area contributed by atoms with Crippen molar-refractivity contribution in [3.8, 4) is 0 Å². The molecular weight excluding hydrogens is 352 g/mol. The van der Waals surface area contributed by atoms with E-state index in [9.17, 15) is 4.79 Å². The van der Waals surface area contributed by atoms with Gasteiger partial charge in [-0.15, -0.1) is 0 Å². The maximum absolute atomic E-state index is 11.5. The maximum atomic E-state index is 11.5. The zero-order chi connectivity index (χ0) is 12.3. The van der Waals surface area contributed by atoms with Crippen LogP contribution in [0.15, 0.2) is 39.8 Å². The summed E-state index contributed by atoms with van der Waals surface area (Å²) in [7, 11) is 0. The first-order chi connectivity index (χ1) is 8.15. The number of carbonyl (C=O) groups is 1. The minimum absolute atomic E-state index is 0.198. The Morgan fingerprint density at radius 2 is 2.18 bits per heavy atom. The third-order valence-electron chi connectivity index (χ3n) is 1.98. The Balaban J connectivity index is 2.15. The van der Waals surface area contributed by atoms with Crippen LogP contribution in [0.3, 0.4) is 0 Å². The zero-order valence-corrected chi connectivity index (χ0v) is 11.8. The van der Waals surface area contributed by atoms with Gasteiger partial charge >= 0.3 is 0 Å². The molecule has 0 saturated carbocycles. The van der Waals surface area contributed by atoms with Gasteiger partial charge in [-0.1, -0.05) is 0 Å². The van der Waals surface area contributed by atoms with Gasteiger partial charge in [0.15, 0.2) is 0 Å². The van der Waals surface area contributed by atoms with E-state index in [1.165, 1.54) is 12.4 Å². The molecule has 0 saturated heterocycles. The lowest BCUT2D eigenvalue weighted by Crippen LogP contribution is -2.36. The number of aromatic nitrogens is 2. The van der Waals surface area contributed by atoms with Gasteiger partial charge in [0.05, 0.1) is 12.2 Å². The van der Waals surface area contributed by atoms with Crippen LogP contribution in [0.1, 0.15) is 5.69 Å². The fraction of sp³-hybridized carbons (Fsp3) is 0.100. The van der Waals surface area contributed by atoms with Crippen molar-refractivity contribution in [2.75, 3.05) is 0 Å².